The summed E-state index contributed by atoms with van der Waals surface area (Å²) in [6, 6.07) is 6.79. The van der Waals surface area contributed by atoms with Crippen LogP contribution in [0, 0.1) is 12.7 Å². The fourth-order valence-electron chi connectivity index (χ4n) is 1.89. The highest BCUT2D eigenvalue weighted by Gasteiger charge is 2.08. The van der Waals surface area contributed by atoms with E-state index in [9.17, 15) is 4.39 Å². The lowest BCUT2D eigenvalue weighted by molar-refractivity contribution is 0.529. The van der Waals surface area contributed by atoms with Crippen LogP contribution >= 0.6 is 0 Å². The zero-order valence-corrected chi connectivity index (χ0v) is 10.6. The maximum absolute atomic E-state index is 13.4. The number of anilines is 1. The van der Waals surface area contributed by atoms with Crippen LogP contribution in [0.4, 0.5) is 10.1 Å². The summed E-state index contributed by atoms with van der Waals surface area (Å²) in [5.41, 5.74) is 8.25. The molecule has 2 rings (SSSR count). The molecule has 0 fully saturated rings. The first-order valence-electron chi connectivity index (χ1n) is 5.84. The molecule has 3 nitrogen and oxygen atoms in total. The fraction of sp³-hybridized carbons (Fsp3) is 0.286. The van der Waals surface area contributed by atoms with E-state index in [2.05, 4.69) is 0 Å². The van der Waals surface area contributed by atoms with Gasteiger partial charge in [-0.15, -0.1) is 0 Å². The van der Waals surface area contributed by atoms with Gasteiger partial charge in [-0.2, -0.15) is 0 Å². The molecule has 0 unspecified atom stereocenters. The topological polar surface area (TPSA) is 42.4 Å². The normalized spacial score (nSPS) is 10.7. The number of rotatable bonds is 4. The molecule has 2 aromatic rings. The Hall–Kier alpha value is -1.81. The average molecular weight is 248 g/mol. The summed E-state index contributed by atoms with van der Waals surface area (Å²) in [6.45, 7) is 2.93. The smallest absolute Gasteiger partial charge is 0.125 e. The lowest BCUT2D eigenvalue weighted by atomic mass is 10.1. The number of hydrogen-bond acceptors (Lipinski definition) is 3. The summed E-state index contributed by atoms with van der Waals surface area (Å²) in [7, 11) is 1.92. The van der Waals surface area contributed by atoms with Gasteiger partial charge in [-0.1, -0.05) is 0 Å². The molecular formula is C14H17FN2O. The Labute approximate surface area is 106 Å². The molecule has 0 bridgehead atoms. The summed E-state index contributed by atoms with van der Waals surface area (Å²) < 4.78 is 18.7. The Morgan fingerprint density at radius 2 is 2.11 bits per heavy atom. The first kappa shape index (κ1) is 12.6. The molecule has 2 N–H and O–H groups in total. The average Bonchev–Trinajstić information content (AvgIpc) is 2.74. The van der Waals surface area contributed by atoms with Gasteiger partial charge in [0.2, 0.25) is 0 Å². The number of halogens is 1. The van der Waals surface area contributed by atoms with Gasteiger partial charge < -0.3 is 15.1 Å². The van der Waals surface area contributed by atoms with E-state index in [0.29, 0.717) is 13.1 Å². The molecule has 1 aromatic carbocycles. The second kappa shape index (κ2) is 5.23. The van der Waals surface area contributed by atoms with Crippen LogP contribution in [0.1, 0.15) is 16.9 Å². The van der Waals surface area contributed by atoms with E-state index in [-0.39, 0.29) is 5.82 Å². The number of benzene rings is 1. The van der Waals surface area contributed by atoms with Crippen LogP contribution < -0.4 is 10.6 Å². The highest BCUT2D eigenvalue weighted by atomic mass is 19.1. The predicted octanol–water partition coefficient (Wildman–Crippen LogP) is 2.82. The van der Waals surface area contributed by atoms with Crippen molar-refractivity contribution in [1.82, 2.24) is 0 Å². The molecule has 0 atom stereocenters. The molecule has 0 aliphatic rings. The molecule has 0 saturated heterocycles. The van der Waals surface area contributed by atoms with Gasteiger partial charge >= 0.3 is 0 Å². The zero-order valence-electron chi connectivity index (χ0n) is 10.6. The second-order valence-corrected chi connectivity index (χ2v) is 4.38. The standard InChI is InChI=1S/C14H17FN2O/c1-10-12(3-4-18-10)9-17(2)14-6-11(8-16)5-13(15)7-14/h3-7H,8-9,16H2,1-2H3. The highest BCUT2D eigenvalue weighted by Crippen LogP contribution is 2.20. The van der Waals surface area contributed by atoms with E-state index in [4.69, 9.17) is 10.2 Å². The Bertz CT molecular complexity index is 536. The minimum atomic E-state index is -0.260. The van der Waals surface area contributed by atoms with Crippen molar-refractivity contribution in [3.63, 3.8) is 0 Å². The van der Waals surface area contributed by atoms with Crippen LogP contribution in [0.3, 0.4) is 0 Å². The molecular weight excluding hydrogens is 231 g/mol. The monoisotopic (exact) mass is 248 g/mol. The number of hydrogen-bond donors (Lipinski definition) is 1. The van der Waals surface area contributed by atoms with E-state index in [0.717, 1.165) is 22.6 Å². The second-order valence-electron chi connectivity index (χ2n) is 4.38. The first-order chi connectivity index (χ1) is 8.60. The van der Waals surface area contributed by atoms with E-state index in [1.54, 1.807) is 6.26 Å². The summed E-state index contributed by atoms with van der Waals surface area (Å²) in [5, 5.41) is 0. The van der Waals surface area contributed by atoms with Crippen molar-refractivity contribution in [3.05, 3.63) is 53.2 Å². The molecule has 4 heteroatoms. The lowest BCUT2D eigenvalue weighted by Gasteiger charge is -2.19. The van der Waals surface area contributed by atoms with Crippen LogP contribution in [-0.4, -0.2) is 7.05 Å². The van der Waals surface area contributed by atoms with Crippen LogP contribution in [0.5, 0.6) is 0 Å². The van der Waals surface area contributed by atoms with E-state index >= 15 is 0 Å². The Morgan fingerprint density at radius 1 is 1.33 bits per heavy atom. The minimum absolute atomic E-state index is 0.260. The van der Waals surface area contributed by atoms with Gasteiger partial charge in [0, 0.05) is 31.4 Å². The Morgan fingerprint density at radius 3 is 2.72 bits per heavy atom. The summed E-state index contributed by atoms with van der Waals surface area (Å²) in [5.74, 6) is 0.626. The third kappa shape index (κ3) is 2.71. The molecule has 0 spiro atoms. The van der Waals surface area contributed by atoms with Crippen molar-refractivity contribution in [1.29, 1.82) is 0 Å². The van der Waals surface area contributed by atoms with Crippen molar-refractivity contribution in [2.45, 2.75) is 20.0 Å². The maximum Gasteiger partial charge on any atom is 0.125 e. The van der Waals surface area contributed by atoms with E-state index in [1.807, 2.05) is 31.0 Å². The van der Waals surface area contributed by atoms with Crippen LogP contribution in [0.2, 0.25) is 0 Å². The number of furan rings is 1. The van der Waals surface area contributed by atoms with Crippen molar-refractivity contribution in [3.8, 4) is 0 Å². The third-order valence-corrected chi connectivity index (χ3v) is 2.99. The Kier molecular flexibility index (Phi) is 3.67. The van der Waals surface area contributed by atoms with Gasteiger partial charge in [0.1, 0.15) is 11.6 Å². The van der Waals surface area contributed by atoms with Crippen molar-refractivity contribution >= 4 is 5.69 Å². The summed E-state index contributed by atoms with van der Waals surface area (Å²) in [6.07, 6.45) is 1.66. The van der Waals surface area contributed by atoms with Gasteiger partial charge in [-0.05, 0) is 36.8 Å². The van der Waals surface area contributed by atoms with Crippen LogP contribution in [0.25, 0.3) is 0 Å². The SMILES string of the molecule is Cc1occc1CN(C)c1cc(F)cc(CN)c1. The maximum atomic E-state index is 13.4. The van der Waals surface area contributed by atoms with E-state index < -0.39 is 0 Å². The molecule has 18 heavy (non-hydrogen) atoms. The number of nitrogens with two attached hydrogens (primary N) is 1. The zero-order chi connectivity index (χ0) is 13.1. The van der Waals surface area contributed by atoms with Gasteiger partial charge in [0.25, 0.3) is 0 Å². The quantitative estimate of drug-likeness (QED) is 0.904. The van der Waals surface area contributed by atoms with Crippen LogP contribution in [0.15, 0.2) is 34.9 Å². The molecule has 0 saturated carbocycles. The lowest BCUT2D eigenvalue weighted by Crippen LogP contribution is -2.17. The fourth-order valence-corrected chi connectivity index (χ4v) is 1.89. The van der Waals surface area contributed by atoms with E-state index in [1.165, 1.54) is 12.1 Å². The van der Waals surface area contributed by atoms with Crippen molar-refractivity contribution in [2.24, 2.45) is 5.73 Å². The molecule has 0 radical (unpaired) electrons. The van der Waals surface area contributed by atoms with Gasteiger partial charge in [0.15, 0.2) is 0 Å². The van der Waals surface area contributed by atoms with Crippen LogP contribution in [-0.2, 0) is 13.1 Å². The molecule has 0 aliphatic heterocycles. The van der Waals surface area contributed by atoms with Gasteiger partial charge in [0.05, 0.1) is 6.26 Å². The summed E-state index contributed by atoms with van der Waals surface area (Å²) in [4.78, 5) is 1.97. The Balaban J connectivity index is 2.20. The molecule has 1 aromatic heterocycles. The third-order valence-electron chi connectivity index (χ3n) is 2.99. The summed E-state index contributed by atoms with van der Waals surface area (Å²) >= 11 is 0. The van der Waals surface area contributed by atoms with Crippen molar-refractivity contribution in [2.75, 3.05) is 11.9 Å². The molecule has 1 heterocycles. The highest BCUT2D eigenvalue weighted by molar-refractivity contribution is 5.49. The van der Waals surface area contributed by atoms with Gasteiger partial charge in [-0.3, -0.25) is 0 Å². The number of aryl methyl sites for hydroxylation is 1. The number of nitrogens with zero attached hydrogens (tertiary/aromatic N) is 1. The first-order valence-corrected chi connectivity index (χ1v) is 5.84. The minimum Gasteiger partial charge on any atom is -0.469 e. The largest absolute Gasteiger partial charge is 0.469 e. The molecule has 0 amide bonds. The van der Waals surface area contributed by atoms with Crippen molar-refractivity contribution < 1.29 is 8.81 Å². The molecule has 96 valence electrons. The molecule has 0 aliphatic carbocycles. The predicted molar refractivity (Wildman–Crippen MR) is 69.8 cm³/mol. The van der Waals surface area contributed by atoms with Gasteiger partial charge in [-0.25, -0.2) is 4.39 Å².